The van der Waals surface area contributed by atoms with Gasteiger partial charge in [-0.25, -0.2) is 8.42 Å². The summed E-state index contributed by atoms with van der Waals surface area (Å²) in [6.45, 7) is 0.180. The molecule has 3 aromatic rings. The van der Waals surface area contributed by atoms with Crippen LogP contribution in [-0.4, -0.2) is 63.0 Å². The van der Waals surface area contributed by atoms with Gasteiger partial charge in [-0.1, -0.05) is 29.5 Å². The van der Waals surface area contributed by atoms with E-state index in [1.54, 1.807) is 30.3 Å². The third-order valence-corrected chi connectivity index (χ3v) is 7.91. The summed E-state index contributed by atoms with van der Waals surface area (Å²) < 4.78 is 37.4. The summed E-state index contributed by atoms with van der Waals surface area (Å²) in [4.78, 5) is 42.7. The molecule has 0 fully saturated rings. The first-order valence-corrected chi connectivity index (χ1v) is 13.2. The summed E-state index contributed by atoms with van der Waals surface area (Å²) in [7, 11) is -1.32. The molecule has 1 aliphatic heterocycles. The number of fused-ring (bicyclic) bond motifs is 2. The Bertz CT molecular complexity index is 1490. The largest absolute Gasteiger partial charge is 0.497 e. The van der Waals surface area contributed by atoms with Gasteiger partial charge in [-0.05, 0) is 36.2 Å². The lowest BCUT2D eigenvalue weighted by atomic mass is 10.2. The first-order chi connectivity index (χ1) is 16.7. The van der Waals surface area contributed by atoms with Crippen LogP contribution >= 0.6 is 11.3 Å². The van der Waals surface area contributed by atoms with Gasteiger partial charge in [-0.15, -0.1) is 0 Å². The number of carbonyl (C=O) groups excluding carboxylic acids is 3. The number of carbonyl (C=O) groups is 3. The van der Waals surface area contributed by atoms with Gasteiger partial charge in [-0.3, -0.25) is 14.4 Å². The molecule has 35 heavy (non-hydrogen) atoms. The number of ether oxygens (including phenoxy) is 2. The number of rotatable bonds is 7. The van der Waals surface area contributed by atoms with Gasteiger partial charge in [0.15, 0.2) is 14.6 Å². The second-order valence-corrected chi connectivity index (χ2v) is 10.9. The smallest absolute Gasteiger partial charge is 0.325 e. The van der Waals surface area contributed by atoms with Crippen LogP contribution in [0.1, 0.15) is 5.56 Å². The summed E-state index contributed by atoms with van der Waals surface area (Å²) in [6, 6.07) is 12.4. The van der Waals surface area contributed by atoms with Crippen molar-refractivity contribution in [3.8, 4) is 5.75 Å². The Morgan fingerprint density at radius 3 is 2.60 bits per heavy atom. The number of sulfone groups is 1. The average molecular weight is 518 g/mol. The number of thiazole rings is 1. The number of aromatic nitrogens is 1. The van der Waals surface area contributed by atoms with Crippen LogP contribution in [0.15, 0.2) is 47.5 Å². The topological polar surface area (TPSA) is 124 Å². The predicted molar refractivity (Wildman–Crippen MR) is 130 cm³/mol. The highest BCUT2D eigenvalue weighted by molar-refractivity contribution is 7.92. The van der Waals surface area contributed by atoms with Crippen molar-refractivity contribution in [2.75, 3.05) is 37.2 Å². The molecular formula is C23H23N3O7S2. The molecular weight excluding hydrogens is 494 g/mol. The fraction of sp³-hybridized carbons (Fsp3) is 0.304. The van der Waals surface area contributed by atoms with E-state index in [0.717, 1.165) is 16.9 Å². The van der Waals surface area contributed by atoms with E-state index >= 15 is 0 Å². The highest BCUT2D eigenvalue weighted by atomic mass is 32.2. The van der Waals surface area contributed by atoms with Crippen LogP contribution in [0.2, 0.25) is 0 Å². The SMILES string of the molecule is COC(=O)Cn1c(=NC(=O)CS(=O)(=O)CC(=O)N2CCc3ccccc32)sc2cc(OC)ccc21. The molecule has 0 bridgehead atoms. The molecule has 1 aromatic heterocycles. The predicted octanol–water partition coefficient (Wildman–Crippen LogP) is 1.32. The molecule has 1 aliphatic rings. The zero-order chi connectivity index (χ0) is 25.2. The van der Waals surface area contributed by atoms with Crippen LogP contribution in [0.25, 0.3) is 10.2 Å². The molecule has 0 spiro atoms. The monoisotopic (exact) mass is 517 g/mol. The van der Waals surface area contributed by atoms with Crippen molar-refractivity contribution >= 4 is 54.9 Å². The highest BCUT2D eigenvalue weighted by Crippen LogP contribution is 2.27. The lowest BCUT2D eigenvalue weighted by molar-refractivity contribution is -0.141. The standard InChI is InChI=1S/C23H23N3O7S2/c1-32-16-7-8-18-19(11-16)34-23(26(18)12-22(29)33-2)24-20(27)13-35(30,31)14-21(28)25-10-9-15-5-3-4-6-17(15)25/h3-8,11H,9-10,12-14H2,1-2H3. The van der Waals surface area contributed by atoms with Crippen LogP contribution < -0.4 is 14.4 Å². The highest BCUT2D eigenvalue weighted by Gasteiger charge is 2.29. The molecule has 12 heteroatoms. The van der Waals surface area contributed by atoms with Crippen molar-refractivity contribution in [3.05, 3.63) is 52.8 Å². The van der Waals surface area contributed by atoms with Crippen molar-refractivity contribution in [1.29, 1.82) is 0 Å². The molecule has 0 radical (unpaired) electrons. The normalized spacial score (nSPS) is 13.7. The van der Waals surface area contributed by atoms with Crippen molar-refractivity contribution in [3.63, 3.8) is 0 Å². The average Bonchev–Trinajstić information content (AvgIpc) is 3.39. The molecule has 0 aliphatic carbocycles. The Hall–Kier alpha value is -3.51. The van der Waals surface area contributed by atoms with Crippen LogP contribution in [0.5, 0.6) is 5.75 Å². The summed E-state index contributed by atoms with van der Waals surface area (Å²) in [5.41, 5.74) is 2.27. The first-order valence-electron chi connectivity index (χ1n) is 10.6. The van der Waals surface area contributed by atoms with Crippen LogP contribution in [0, 0.1) is 0 Å². The zero-order valence-corrected chi connectivity index (χ0v) is 20.7. The van der Waals surface area contributed by atoms with E-state index < -0.39 is 39.1 Å². The number of amides is 2. The van der Waals surface area contributed by atoms with Crippen molar-refractivity contribution in [2.24, 2.45) is 4.99 Å². The molecule has 0 saturated carbocycles. The summed E-state index contributed by atoms with van der Waals surface area (Å²) >= 11 is 1.10. The quantitative estimate of drug-likeness (QED) is 0.433. The van der Waals surface area contributed by atoms with E-state index in [9.17, 15) is 22.8 Å². The van der Waals surface area contributed by atoms with E-state index in [4.69, 9.17) is 9.47 Å². The third kappa shape index (κ3) is 5.43. The fourth-order valence-corrected chi connectivity index (χ4v) is 6.00. The second kappa shape index (κ2) is 10.0. The van der Waals surface area contributed by atoms with Gasteiger partial charge in [0.05, 0.1) is 24.4 Å². The van der Waals surface area contributed by atoms with Gasteiger partial charge in [0.1, 0.15) is 23.8 Å². The molecule has 2 amide bonds. The minimum Gasteiger partial charge on any atom is -0.497 e. The van der Waals surface area contributed by atoms with Gasteiger partial charge in [-0.2, -0.15) is 4.99 Å². The number of methoxy groups -OCH3 is 2. The van der Waals surface area contributed by atoms with Crippen LogP contribution in [-0.2, 0) is 41.9 Å². The van der Waals surface area contributed by atoms with E-state index in [1.165, 1.54) is 23.7 Å². The van der Waals surface area contributed by atoms with Crippen molar-refractivity contribution in [2.45, 2.75) is 13.0 Å². The number of anilines is 1. The zero-order valence-electron chi connectivity index (χ0n) is 19.1. The Labute approximate surface area is 205 Å². The summed E-state index contributed by atoms with van der Waals surface area (Å²) in [6.07, 6.45) is 0.646. The minimum absolute atomic E-state index is 0.138. The number of para-hydroxylation sites is 1. The van der Waals surface area contributed by atoms with E-state index in [0.29, 0.717) is 34.6 Å². The Morgan fingerprint density at radius 1 is 1.09 bits per heavy atom. The molecule has 4 rings (SSSR count). The number of hydrogen-bond acceptors (Lipinski definition) is 8. The molecule has 0 unspecified atom stereocenters. The van der Waals surface area contributed by atoms with Crippen molar-refractivity contribution in [1.82, 2.24) is 4.57 Å². The second-order valence-electron chi connectivity index (χ2n) is 7.84. The van der Waals surface area contributed by atoms with Crippen LogP contribution in [0.3, 0.4) is 0 Å². The van der Waals surface area contributed by atoms with E-state index in [1.807, 2.05) is 12.1 Å². The number of benzene rings is 2. The van der Waals surface area contributed by atoms with Gasteiger partial charge < -0.3 is 18.9 Å². The fourth-order valence-electron chi connectivity index (χ4n) is 3.85. The molecule has 184 valence electrons. The lowest BCUT2D eigenvalue weighted by Gasteiger charge is -2.17. The van der Waals surface area contributed by atoms with Gasteiger partial charge in [0.2, 0.25) is 5.91 Å². The van der Waals surface area contributed by atoms with Gasteiger partial charge in [0.25, 0.3) is 5.91 Å². The van der Waals surface area contributed by atoms with Crippen molar-refractivity contribution < 1.29 is 32.3 Å². The van der Waals surface area contributed by atoms with E-state index in [-0.39, 0.29) is 11.3 Å². The minimum atomic E-state index is -4.07. The summed E-state index contributed by atoms with van der Waals surface area (Å²) in [5, 5.41) is 0. The molecule has 0 atom stereocenters. The third-order valence-electron chi connectivity index (χ3n) is 5.50. The maximum Gasteiger partial charge on any atom is 0.325 e. The lowest BCUT2D eigenvalue weighted by Crippen LogP contribution is -2.36. The van der Waals surface area contributed by atoms with Gasteiger partial charge >= 0.3 is 5.97 Å². The Balaban J connectivity index is 1.56. The first kappa shape index (κ1) is 24.6. The van der Waals surface area contributed by atoms with E-state index in [2.05, 4.69) is 4.99 Å². The summed E-state index contributed by atoms with van der Waals surface area (Å²) in [5.74, 6) is -3.22. The Kier molecular flexibility index (Phi) is 7.03. The maximum atomic E-state index is 12.7. The number of nitrogens with zero attached hydrogens (tertiary/aromatic N) is 3. The number of hydrogen-bond donors (Lipinski definition) is 0. The van der Waals surface area contributed by atoms with Crippen LogP contribution in [0.4, 0.5) is 5.69 Å². The molecule has 2 aromatic carbocycles. The molecule has 0 N–H and O–H groups in total. The Morgan fingerprint density at radius 2 is 1.86 bits per heavy atom. The maximum absolute atomic E-state index is 12.7. The number of esters is 1. The molecule has 0 saturated heterocycles. The molecule has 2 heterocycles. The molecule has 10 nitrogen and oxygen atoms in total. The van der Waals surface area contributed by atoms with Gasteiger partial charge in [0, 0.05) is 12.2 Å².